The van der Waals surface area contributed by atoms with E-state index in [0.29, 0.717) is 6.54 Å². The van der Waals surface area contributed by atoms with Crippen molar-refractivity contribution in [3.05, 3.63) is 35.9 Å². The van der Waals surface area contributed by atoms with Crippen LogP contribution in [0.2, 0.25) is 0 Å². The molecule has 0 aliphatic carbocycles. The summed E-state index contributed by atoms with van der Waals surface area (Å²) >= 11 is 0. The second-order valence-electron chi connectivity index (χ2n) is 6.58. The van der Waals surface area contributed by atoms with Crippen LogP contribution >= 0.6 is 0 Å². The van der Waals surface area contributed by atoms with Crippen LogP contribution in [-0.4, -0.2) is 55.6 Å². The largest absolute Gasteiger partial charge is 0.299 e. The van der Waals surface area contributed by atoms with Crippen LogP contribution in [0.3, 0.4) is 0 Å². The molecule has 0 bridgehead atoms. The van der Waals surface area contributed by atoms with E-state index in [-0.39, 0.29) is 5.54 Å². The van der Waals surface area contributed by atoms with E-state index in [0.717, 1.165) is 25.2 Å². The van der Waals surface area contributed by atoms with Crippen LogP contribution in [0.25, 0.3) is 0 Å². The lowest BCUT2D eigenvalue weighted by Gasteiger charge is -2.47. The first-order valence-electron chi connectivity index (χ1n) is 7.53. The predicted octanol–water partition coefficient (Wildman–Crippen LogP) is 1.65. The van der Waals surface area contributed by atoms with Crippen molar-refractivity contribution in [2.24, 2.45) is 0 Å². The van der Waals surface area contributed by atoms with E-state index in [1.807, 2.05) is 37.4 Å². The summed E-state index contributed by atoms with van der Waals surface area (Å²) in [4.78, 5) is 4.78. The van der Waals surface area contributed by atoms with Crippen molar-refractivity contribution in [2.45, 2.75) is 24.9 Å². The van der Waals surface area contributed by atoms with Crippen LogP contribution in [0.15, 0.2) is 30.3 Å². The van der Waals surface area contributed by atoms with Crippen molar-refractivity contribution >= 4 is 0 Å². The van der Waals surface area contributed by atoms with E-state index >= 15 is 0 Å². The van der Waals surface area contributed by atoms with Gasteiger partial charge >= 0.3 is 0 Å². The highest BCUT2D eigenvalue weighted by Crippen LogP contribution is 2.25. The highest BCUT2D eigenvalue weighted by Gasteiger charge is 2.37. The molecule has 4 nitrogen and oxygen atoms in total. The van der Waals surface area contributed by atoms with Crippen LogP contribution in [0.1, 0.15) is 19.4 Å². The minimum atomic E-state index is -0.646. The fraction of sp³-hybridized carbons (Fsp3) is 0.588. The lowest BCUT2D eigenvalue weighted by molar-refractivity contribution is 0.0301. The van der Waals surface area contributed by atoms with E-state index in [2.05, 4.69) is 42.1 Å². The van der Waals surface area contributed by atoms with Gasteiger partial charge in [-0.15, -0.1) is 0 Å². The summed E-state index contributed by atoms with van der Waals surface area (Å²) in [6.45, 7) is 8.23. The molecule has 1 saturated heterocycles. The molecule has 21 heavy (non-hydrogen) atoms. The summed E-state index contributed by atoms with van der Waals surface area (Å²) < 4.78 is 0. The Hall–Kier alpha value is -1.41. The third-order valence-corrected chi connectivity index (χ3v) is 4.74. The maximum absolute atomic E-state index is 9.79. The Morgan fingerprint density at radius 2 is 1.95 bits per heavy atom. The van der Waals surface area contributed by atoms with Crippen molar-refractivity contribution in [3.63, 3.8) is 0 Å². The highest BCUT2D eigenvalue weighted by atomic mass is 15.3. The molecule has 0 saturated carbocycles. The number of piperazine rings is 1. The van der Waals surface area contributed by atoms with E-state index in [1.54, 1.807) is 0 Å². The van der Waals surface area contributed by atoms with Gasteiger partial charge in [0.25, 0.3) is 0 Å². The van der Waals surface area contributed by atoms with Crippen LogP contribution in [0, 0.1) is 11.3 Å². The highest BCUT2D eigenvalue weighted by molar-refractivity contribution is 5.32. The van der Waals surface area contributed by atoms with Gasteiger partial charge in [-0.3, -0.25) is 15.1 Å². The molecule has 1 aromatic carbocycles. The Balaban J connectivity index is 2.20. The topological polar surface area (TPSA) is 42.3 Å². The minimum absolute atomic E-state index is 0.143. The van der Waals surface area contributed by atoms with E-state index in [1.165, 1.54) is 0 Å². The molecule has 1 heterocycles. The lowest BCUT2D eigenvalue weighted by Crippen LogP contribution is -2.61. The van der Waals surface area contributed by atoms with Crippen molar-refractivity contribution in [3.8, 4) is 6.07 Å². The normalized spacial score (nSPS) is 22.4. The zero-order valence-electron chi connectivity index (χ0n) is 13.6. The number of nitriles is 1. The Morgan fingerprint density at radius 1 is 1.29 bits per heavy atom. The number of rotatable bonds is 4. The Kier molecular flexibility index (Phi) is 4.67. The van der Waals surface area contributed by atoms with E-state index in [4.69, 9.17) is 0 Å². The number of nitrogens with zero attached hydrogens (tertiary/aromatic N) is 3. The SMILES string of the molecule is CNC(C#N)(CN1CCN(C)C(C)(C)C1)c1ccccc1. The van der Waals surface area contributed by atoms with Crippen LogP contribution in [0.5, 0.6) is 0 Å². The number of benzene rings is 1. The predicted molar refractivity (Wildman–Crippen MR) is 85.9 cm³/mol. The molecule has 0 spiro atoms. The van der Waals surface area contributed by atoms with Crippen LogP contribution in [0.4, 0.5) is 0 Å². The fourth-order valence-corrected chi connectivity index (χ4v) is 3.00. The monoisotopic (exact) mass is 286 g/mol. The standard InChI is InChI=1S/C17H26N4/c1-16(2)13-21(11-10-20(16)4)14-17(12-18,19-3)15-8-6-5-7-9-15/h5-9,19H,10-11,13-14H2,1-4H3. The maximum Gasteiger partial charge on any atom is 0.144 e. The molecule has 4 heteroatoms. The van der Waals surface area contributed by atoms with Gasteiger partial charge in [-0.05, 0) is 33.5 Å². The van der Waals surface area contributed by atoms with E-state index < -0.39 is 5.54 Å². The van der Waals surface area contributed by atoms with Gasteiger partial charge in [0.2, 0.25) is 0 Å². The molecule has 1 N–H and O–H groups in total. The molecule has 1 aliphatic heterocycles. The van der Waals surface area contributed by atoms with Crippen molar-refractivity contribution in [2.75, 3.05) is 40.3 Å². The van der Waals surface area contributed by atoms with Gasteiger partial charge in [0.1, 0.15) is 5.54 Å². The molecular formula is C17H26N4. The van der Waals surface area contributed by atoms with Gasteiger partial charge in [0.15, 0.2) is 0 Å². The Labute approximate surface area is 128 Å². The zero-order valence-corrected chi connectivity index (χ0v) is 13.6. The van der Waals surface area contributed by atoms with Gasteiger partial charge in [0.05, 0.1) is 6.07 Å². The zero-order chi connectivity index (χ0) is 15.5. The van der Waals surface area contributed by atoms with Crippen LogP contribution < -0.4 is 5.32 Å². The molecule has 1 unspecified atom stereocenters. The number of hydrogen-bond donors (Lipinski definition) is 1. The summed E-state index contributed by atoms with van der Waals surface area (Å²) in [6.07, 6.45) is 0. The van der Waals surface area contributed by atoms with Gasteiger partial charge in [-0.2, -0.15) is 5.26 Å². The fourth-order valence-electron chi connectivity index (χ4n) is 3.00. The molecule has 0 amide bonds. The molecule has 1 fully saturated rings. The minimum Gasteiger partial charge on any atom is -0.299 e. The van der Waals surface area contributed by atoms with Crippen molar-refractivity contribution in [1.29, 1.82) is 5.26 Å². The first-order chi connectivity index (χ1) is 9.93. The molecular weight excluding hydrogens is 260 g/mol. The summed E-state index contributed by atoms with van der Waals surface area (Å²) in [6, 6.07) is 12.5. The van der Waals surface area contributed by atoms with Gasteiger partial charge in [-0.1, -0.05) is 30.3 Å². The summed E-state index contributed by atoms with van der Waals surface area (Å²) in [5.74, 6) is 0. The summed E-state index contributed by atoms with van der Waals surface area (Å²) in [5.41, 5.74) is 0.531. The number of nitrogens with one attached hydrogen (secondary N) is 1. The van der Waals surface area contributed by atoms with Crippen LogP contribution in [-0.2, 0) is 5.54 Å². The Morgan fingerprint density at radius 3 is 2.48 bits per heavy atom. The first kappa shape index (κ1) is 16.0. The third kappa shape index (κ3) is 3.26. The smallest absolute Gasteiger partial charge is 0.144 e. The quantitative estimate of drug-likeness (QED) is 0.914. The molecule has 1 aromatic rings. The third-order valence-electron chi connectivity index (χ3n) is 4.74. The van der Waals surface area contributed by atoms with Gasteiger partial charge < -0.3 is 0 Å². The summed E-state index contributed by atoms with van der Waals surface area (Å²) in [7, 11) is 4.04. The van der Waals surface area contributed by atoms with Gasteiger partial charge in [-0.25, -0.2) is 0 Å². The number of likely N-dealkylation sites (N-methyl/N-ethyl adjacent to an activating group) is 2. The second kappa shape index (κ2) is 6.15. The molecule has 1 aliphatic rings. The van der Waals surface area contributed by atoms with Crippen molar-refractivity contribution in [1.82, 2.24) is 15.1 Å². The summed E-state index contributed by atoms with van der Waals surface area (Å²) in [5, 5.41) is 13.0. The van der Waals surface area contributed by atoms with E-state index in [9.17, 15) is 5.26 Å². The molecule has 114 valence electrons. The second-order valence-corrected chi connectivity index (χ2v) is 6.58. The average molecular weight is 286 g/mol. The number of hydrogen-bond acceptors (Lipinski definition) is 4. The molecule has 2 rings (SSSR count). The molecule has 1 atom stereocenters. The Bertz CT molecular complexity index is 505. The average Bonchev–Trinajstić information content (AvgIpc) is 2.49. The van der Waals surface area contributed by atoms with Gasteiger partial charge in [0, 0.05) is 31.7 Å². The maximum atomic E-state index is 9.79. The lowest BCUT2D eigenvalue weighted by atomic mass is 9.89. The molecule has 0 radical (unpaired) electrons. The van der Waals surface area contributed by atoms with Crippen molar-refractivity contribution < 1.29 is 0 Å². The first-order valence-corrected chi connectivity index (χ1v) is 7.53. The molecule has 0 aromatic heterocycles.